The lowest BCUT2D eigenvalue weighted by Crippen LogP contribution is -2.31. The van der Waals surface area contributed by atoms with E-state index in [-0.39, 0.29) is 5.91 Å². The van der Waals surface area contributed by atoms with Crippen LogP contribution in [0.5, 0.6) is 0 Å². The third-order valence-corrected chi connectivity index (χ3v) is 2.91. The molecule has 2 aromatic rings. The summed E-state index contributed by atoms with van der Waals surface area (Å²) in [5.41, 5.74) is 1.21. The van der Waals surface area contributed by atoms with Gasteiger partial charge in [-0.3, -0.25) is 4.79 Å². The molecular formula is C16H18N4O. The summed E-state index contributed by atoms with van der Waals surface area (Å²) in [6.45, 7) is 6.68. The zero-order valence-corrected chi connectivity index (χ0v) is 12.0. The maximum atomic E-state index is 12.6. The molecule has 0 saturated carbocycles. The average Bonchev–Trinajstić information content (AvgIpc) is 2.55. The zero-order valence-electron chi connectivity index (χ0n) is 12.0. The molecule has 0 spiro atoms. The lowest BCUT2D eigenvalue weighted by molar-refractivity contribution is 0.0983. The number of carbonyl (C=O) groups excluding carboxylic acids is 1. The number of rotatable bonds is 6. The Morgan fingerprint density at radius 2 is 2.10 bits per heavy atom. The second-order valence-corrected chi connectivity index (χ2v) is 4.32. The Labute approximate surface area is 124 Å². The molecule has 1 N–H and O–H groups in total. The van der Waals surface area contributed by atoms with Crippen molar-refractivity contribution in [1.29, 1.82) is 0 Å². The van der Waals surface area contributed by atoms with Crippen LogP contribution < -0.4 is 10.2 Å². The van der Waals surface area contributed by atoms with Gasteiger partial charge in [0.25, 0.3) is 5.91 Å². The van der Waals surface area contributed by atoms with Crippen LogP contribution in [0.25, 0.3) is 0 Å². The van der Waals surface area contributed by atoms with Crippen LogP contribution in [0.1, 0.15) is 17.4 Å². The lowest BCUT2D eigenvalue weighted by Gasteiger charge is -2.20. The van der Waals surface area contributed by atoms with Crippen molar-refractivity contribution in [2.45, 2.75) is 6.92 Å². The third kappa shape index (κ3) is 3.66. The number of nitrogens with zero attached hydrogens (tertiary/aromatic N) is 3. The number of nitrogens with one attached hydrogen (secondary N) is 1. The number of carbonyl (C=O) groups is 1. The van der Waals surface area contributed by atoms with Crippen LogP contribution in [-0.2, 0) is 0 Å². The van der Waals surface area contributed by atoms with E-state index in [1.165, 1.54) is 0 Å². The molecular weight excluding hydrogens is 264 g/mol. The standard InChI is InChI=1S/C16H18N4O/c1-3-11-17-16-18-12-10-14(19-16)15(21)20(4-2)13-8-6-5-7-9-13/h3,5-10,12H,1,4,11H2,2H3,(H,17,18,19). The molecule has 1 heterocycles. The third-order valence-electron chi connectivity index (χ3n) is 2.91. The van der Waals surface area contributed by atoms with Crippen molar-refractivity contribution in [2.75, 3.05) is 23.3 Å². The van der Waals surface area contributed by atoms with Crippen LogP contribution in [-0.4, -0.2) is 29.0 Å². The highest BCUT2D eigenvalue weighted by molar-refractivity contribution is 6.04. The van der Waals surface area contributed by atoms with Gasteiger partial charge in [0.15, 0.2) is 0 Å². The summed E-state index contributed by atoms with van der Waals surface area (Å²) in [5.74, 6) is 0.276. The van der Waals surface area contributed by atoms with Crippen LogP contribution in [0.4, 0.5) is 11.6 Å². The van der Waals surface area contributed by atoms with Gasteiger partial charge in [-0.05, 0) is 25.1 Å². The van der Waals surface area contributed by atoms with Gasteiger partial charge in [-0.25, -0.2) is 9.97 Å². The van der Waals surface area contributed by atoms with E-state index in [4.69, 9.17) is 0 Å². The second-order valence-electron chi connectivity index (χ2n) is 4.32. The van der Waals surface area contributed by atoms with E-state index in [0.29, 0.717) is 24.7 Å². The highest BCUT2D eigenvalue weighted by Crippen LogP contribution is 2.16. The van der Waals surface area contributed by atoms with Crippen molar-refractivity contribution in [3.63, 3.8) is 0 Å². The number of hydrogen-bond donors (Lipinski definition) is 1. The molecule has 1 aromatic heterocycles. The fourth-order valence-electron chi connectivity index (χ4n) is 1.92. The van der Waals surface area contributed by atoms with E-state index in [1.807, 2.05) is 37.3 Å². The molecule has 0 bridgehead atoms. The molecule has 108 valence electrons. The minimum Gasteiger partial charge on any atom is -0.351 e. The molecule has 5 nitrogen and oxygen atoms in total. The molecule has 2 rings (SSSR count). The van der Waals surface area contributed by atoms with Crippen molar-refractivity contribution in [1.82, 2.24) is 9.97 Å². The SMILES string of the molecule is C=CCNc1nccc(C(=O)N(CC)c2ccccc2)n1. The topological polar surface area (TPSA) is 58.1 Å². The molecule has 5 heteroatoms. The zero-order chi connectivity index (χ0) is 15.1. The number of para-hydroxylation sites is 1. The number of amides is 1. The van der Waals surface area contributed by atoms with Gasteiger partial charge >= 0.3 is 0 Å². The summed E-state index contributed by atoms with van der Waals surface area (Å²) >= 11 is 0. The number of anilines is 2. The van der Waals surface area contributed by atoms with E-state index in [1.54, 1.807) is 23.2 Å². The first kappa shape index (κ1) is 14.7. The van der Waals surface area contributed by atoms with Gasteiger partial charge in [-0.2, -0.15) is 0 Å². The minimum atomic E-state index is -0.146. The summed E-state index contributed by atoms with van der Waals surface area (Å²) in [4.78, 5) is 22.6. The van der Waals surface area contributed by atoms with E-state index >= 15 is 0 Å². The van der Waals surface area contributed by atoms with Gasteiger partial charge in [0, 0.05) is 25.0 Å². The van der Waals surface area contributed by atoms with Crippen LogP contribution in [0.2, 0.25) is 0 Å². The molecule has 0 aliphatic carbocycles. The summed E-state index contributed by atoms with van der Waals surface area (Å²) in [7, 11) is 0. The minimum absolute atomic E-state index is 0.146. The van der Waals surface area contributed by atoms with Gasteiger partial charge in [-0.15, -0.1) is 6.58 Å². The monoisotopic (exact) mass is 282 g/mol. The molecule has 1 aromatic carbocycles. The quantitative estimate of drug-likeness (QED) is 0.828. The van der Waals surface area contributed by atoms with Crippen LogP contribution >= 0.6 is 0 Å². The first-order valence-corrected chi connectivity index (χ1v) is 6.81. The molecule has 0 atom stereocenters. The predicted octanol–water partition coefficient (Wildman–Crippen LogP) is 2.74. The molecule has 0 radical (unpaired) electrons. The van der Waals surface area contributed by atoms with Crippen LogP contribution in [0, 0.1) is 0 Å². The van der Waals surface area contributed by atoms with Gasteiger partial charge in [0.05, 0.1) is 0 Å². The Morgan fingerprint density at radius 3 is 2.76 bits per heavy atom. The van der Waals surface area contributed by atoms with Crippen molar-refractivity contribution >= 4 is 17.5 Å². The van der Waals surface area contributed by atoms with Crippen LogP contribution in [0.15, 0.2) is 55.3 Å². The van der Waals surface area contributed by atoms with Crippen molar-refractivity contribution in [2.24, 2.45) is 0 Å². The van der Waals surface area contributed by atoms with Gasteiger partial charge in [-0.1, -0.05) is 24.3 Å². The summed E-state index contributed by atoms with van der Waals surface area (Å²) in [6, 6.07) is 11.2. The van der Waals surface area contributed by atoms with Crippen molar-refractivity contribution < 1.29 is 4.79 Å². The fourth-order valence-corrected chi connectivity index (χ4v) is 1.92. The summed E-state index contributed by atoms with van der Waals surface area (Å²) in [6.07, 6.45) is 3.28. The second kappa shape index (κ2) is 7.19. The average molecular weight is 282 g/mol. The Morgan fingerprint density at radius 1 is 1.33 bits per heavy atom. The van der Waals surface area contributed by atoms with E-state index in [2.05, 4.69) is 21.9 Å². The Hall–Kier alpha value is -2.69. The molecule has 0 saturated heterocycles. The fraction of sp³-hybridized carbons (Fsp3) is 0.188. The number of hydrogen-bond acceptors (Lipinski definition) is 4. The summed E-state index contributed by atoms with van der Waals surface area (Å²) in [5, 5.41) is 2.98. The molecule has 21 heavy (non-hydrogen) atoms. The summed E-state index contributed by atoms with van der Waals surface area (Å²) < 4.78 is 0. The highest BCUT2D eigenvalue weighted by atomic mass is 16.2. The van der Waals surface area contributed by atoms with E-state index in [9.17, 15) is 4.79 Å². The smallest absolute Gasteiger partial charge is 0.277 e. The first-order chi connectivity index (χ1) is 10.3. The normalized spacial score (nSPS) is 9.95. The Kier molecular flexibility index (Phi) is 5.04. The largest absolute Gasteiger partial charge is 0.351 e. The van der Waals surface area contributed by atoms with Crippen LogP contribution in [0.3, 0.4) is 0 Å². The lowest BCUT2D eigenvalue weighted by atomic mass is 10.2. The molecule has 0 unspecified atom stereocenters. The first-order valence-electron chi connectivity index (χ1n) is 6.81. The predicted molar refractivity (Wildman–Crippen MR) is 84.5 cm³/mol. The number of aromatic nitrogens is 2. The maximum absolute atomic E-state index is 12.6. The highest BCUT2D eigenvalue weighted by Gasteiger charge is 2.17. The molecule has 0 aliphatic rings. The van der Waals surface area contributed by atoms with Gasteiger partial charge in [0.1, 0.15) is 5.69 Å². The van der Waals surface area contributed by atoms with Crippen molar-refractivity contribution in [3.8, 4) is 0 Å². The molecule has 0 fully saturated rings. The molecule has 0 aliphatic heterocycles. The maximum Gasteiger partial charge on any atom is 0.277 e. The Bertz CT molecular complexity index is 613. The molecule has 1 amide bonds. The van der Waals surface area contributed by atoms with Gasteiger partial charge in [0.2, 0.25) is 5.95 Å². The van der Waals surface area contributed by atoms with E-state index < -0.39 is 0 Å². The van der Waals surface area contributed by atoms with Crippen molar-refractivity contribution in [3.05, 3.63) is 60.9 Å². The van der Waals surface area contributed by atoms with Gasteiger partial charge < -0.3 is 10.2 Å². The van der Waals surface area contributed by atoms with E-state index in [0.717, 1.165) is 5.69 Å². The number of benzene rings is 1. The Balaban J connectivity index is 2.23.